The van der Waals surface area contributed by atoms with Crippen molar-refractivity contribution in [1.82, 2.24) is 0 Å². The molecule has 3 nitrogen and oxygen atoms in total. The van der Waals surface area contributed by atoms with Gasteiger partial charge in [-0.1, -0.05) is 0 Å². The van der Waals surface area contributed by atoms with Crippen molar-refractivity contribution in [2.45, 2.75) is 5.92 Å². The maximum absolute atomic E-state index is 12.2. The van der Waals surface area contributed by atoms with Gasteiger partial charge in [0.1, 0.15) is 5.92 Å². The highest BCUT2D eigenvalue weighted by atomic mass is 19.3. The van der Waals surface area contributed by atoms with E-state index >= 15 is 0 Å². The molecule has 1 aliphatic carbocycles. The summed E-state index contributed by atoms with van der Waals surface area (Å²) in [5.41, 5.74) is 0. The lowest BCUT2D eigenvalue weighted by molar-refractivity contribution is -0.141. The zero-order chi connectivity index (χ0) is 7.94. The summed E-state index contributed by atoms with van der Waals surface area (Å²) in [7, 11) is 0. The van der Waals surface area contributed by atoms with Gasteiger partial charge in [-0.05, 0) is 0 Å². The Morgan fingerprint density at radius 3 is 2.20 bits per heavy atom. The third-order valence-corrected chi connectivity index (χ3v) is 1.67. The quantitative estimate of drug-likeness (QED) is 0.583. The smallest absolute Gasteiger partial charge is 0.313 e. The first-order valence-electron chi connectivity index (χ1n) is 2.73. The van der Waals surface area contributed by atoms with Gasteiger partial charge in [0.15, 0.2) is 0 Å². The molecule has 10 heavy (non-hydrogen) atoms. The molecule has 0 unspecified atom stereocenters. The van der Waals surface area contributed by atoms with E-state index in [1.807, 2.05) is 0 Å². The molecule has 0 spiro atoms. The number of hydrogen-bond donors (Lipinski definition) is 2. The molecule has 0 saturated heterocycles. The Morgan fingerprint density at radius 2 is 2.10 bits per heavy atom. The first kappa shape index (κ1) is 7.40. The first-order valence-corrected chi connectivity index (χ1v) is 2.73. The number of hydrogen-bond acceptors (Lipinski definition) is 2. The van der Waals surface area contributed by atoms with E-state index in [9.17, 15) is 13.6 Å². The zero-order valence-corrected chi connectivity index (χ0v) is 4.92. The number of carboxylic acid groups (broad SMARTS) is 1. The van der Waals surface area contributed by atoms with E-state index in [-0.39, 0.29) is 0 Å². The summed E-state index contributed by atoms with van der Waals surface area (Å²) in [6.07, 6.45) is 0. The fraction of sp³-hybridized carbons (Fsp3) is 0.800. The number of carboxylic acids is 1. The monoisotopic (exact) mass is 152 g/mol. The van der Waals surface area contributed by atoms with Crippen LogP contribution in [0.5, 0.6) is 0 Å². The van der Waals surface area contributed by atoms with E-state index < -0.39 is 30.3 Å². The third-order valence-electron chi connectivity index (χ3n) is 1.67. The lowest BCUT2D eigenvalue weighted by Gasteiger charge is -1.87. The van der Waals surface area contributed by atoms with E-state index in [0.29, 0.717) is 0 Å². The summed E-state index contributed by atoms with van der Waals surface area (Å²) >= 11 is 0. The second-order valence-corrected chi connectivity index (χ2v) is 2.28. The van der Waals surface area contributed by atoms with Crippen LogP contribution in [-0.2, 0) is 4.79 Å². The topological polar surface area (TPSA) is 57.5 Å². The fourth-order valence-corrected chi connectivity index (χ4v) is 0.954. The summed E-state index contributed by atoms with van der Waals surface area (Å²) < 4.78 is 24.3. The molecule has 0 amide bonds. The van der Waals surface area contributed by atoms with Crippen molar-refractivity contribution in [1.29, 1.82) is 0 Å². The Bertz CT molecular complexity index is 168. The Kier molecular flexibility index (Phi) is 1.39. The van der Waals surface area contributed by atoms with Crippen molar-refractivity contribution in [3.8, 4) is 0 Å². The van der Waals surface area contributed by atoms with Crippen molar-refractivity contribution in [3.63, 3.8) is 0 Å². The van der Waals surface area contributed by atoms with Gasteiger partial charge in [-0.15, -0.1) is 0 Å². The van der Waals surface area contributed by atoms with Gasteiger partial charge in [-0.25, -0.2) is 8.78 Å². The lowest BCUT2D eigenvalue weighted by atomic mass is 10.3. The maximum atomic E-state index is 12.2. The standard InChI is InChI=1S/C5H6F2O3/c6-5(7)2(1-8)3(5)4(9)10/h2-3,8H,1H2,(H,9,10)/t2-,3+/m0/s1. The molecule has 0 aliphatic heterocycles. The molecule has 1 aliphatic rings. The van der Waals surface area contributed by atoms with Crippen LogP contribution in [0, 0.1) is 11.8 Å². The molecule has 0 heterocycles. The van der Waals surface area contributed by atoms with Gasteiger partial charge < -0.3 is 10.2 Å². The fourth-order valence-electron chi connectivity index (χ4n) is 0.954. The van der Waals surface area contributed by atoms with Crippen molar-refractivity contribution < 1.29 is 23.8 Å². The van der Waals surface area contributed by atoms with Crippen LogP contribution >= 0.6 is 0 Å². The zero-order valence-electron chi connectivity index (χ0n) is 4.92. The SMILES string of the molecule is O=C(O)[C@H]1[C@H](CO)C1(F)F. The van der Waals surface area contributed by atoms with Crippen molar-refractivity contribution >= 4 is 5.97 Å². The van der Waals surface area contributed by atoms with Crippen LogP contribution in [0.2, 0.25) is 0 Å². The lowest BCUT2D eigenvalue weighted by Crippen LogP contribution is -2.04. The molecule has 0 bridgehead atoms. The number of carbonyl (C=O) groups is 1. The number of aliphatic hydroxyl groups is 1. The summed E-state index contributed by atoms with van der Waals surface area (Å²) in [5.74, 6) is -7.77. The van der Waals surface area contributed by atoms with Crippen LogP contribution in [0.3, 0.4) is 0 Å². The van der Waals surface area contributed by atoms with E-state index in [2.05, 4.69) is 0 Å². The van der Waals surface area contributed by atoms with Crippen LogP contribution in [0.1, 0.15) is 0 Å². The van der Waals surface area contributed by atoms with Gasteiger partial charge in [-0.2, -0.15) is 0 Å². The Morgan fingerprint density at radius 1 is 1.60 bits per heavy atom. The maximum Gasteiger partial charge on any atom is 0.313 e. The summed E-state index contributed by atoms with van der Waals surface area (Å²) in [5, 5.41) is 16.3. The van der Waals surface area contributed by atoms with E-state index in [1.165, 1.54) is 0 Å². The molecule has 0 aromatic carbocycles. The van der Waals surface area contributed by atoms with Gasteiger partial charge in [0.2, 0.25) is 0 Å². The number of halogens is 2. The molecule has 0 radical (unpaired) electrons. The summed E-state index contributed by atoms with van der Waals surface area (Å²) in [6, 6.07) is 0. The molecule has 1 fully saturated rings. The van der Waals surface area contributed by atoms with E-state index in [0.717, 1.165) is 0 Å². The van der Waals surface area contributed by atoms with Gasteiger partial charge >= 0.3 is 5.97 Å². The molecule has 58 valence electrons. The molecule has 1 saturated carbocycles. The highest BCUT2D eigenvalue weighted by Gasteiger charge is 2.72. The first-order chi connectivity index (χ1) is 4.51. The molecule has 0 aromatic rings. The normalized spacial score (nSPS) is 35.5. The Balaban J connectivity index is 2.61. The summed E-state index contributed by atoms with van der Waals surface area (Å²) in [4.78, 5) is 9.96. The highest BCUT2D eigenvalue weighted by molar-refractivity contribution is 5.76. The Labute approximate surface area is 55.3 Å². The van der Waals surface area contributed by atoms with Gasteiger partial charge in [0.05, 0.1) is 12.5 Å². The van der Waals surface area contributed by atoms with Crippen LogP contribution < -0.4 is 0 Å². The number of rotatable bonds is 2. The second-order valence-electron chi connectivity index (χ2n) is 2.28. The minimum atomic E-state index is -3.19. The summed E-state index contributed by atoms with van der Waals surface area (Å²) in [6.45, 7) is -0.760. The van der Waals surface area contributed by atoms with Crippen molar-refractivity contribution in [2.75, 3.05) is 6.61 Å². The molecule has 1 rings (SSSR count). The molecular weight excluding hydrogens is 146 g/mol. The molecule has 0 aromatic heterocycles. The number of aliphatic carboxylic acids is 1. The predicted molar refractivity (Wildman–Crippen MR) is 26.6 cm³/mol. The van der Waals surface area contributed by atoms with E-state index in [1.54, 1.807) is 0 Å². The van der Waals surface area contributed by atoms with Crippen LogP contribution in [0.4, 0.5) is 8.78 Å². The van der Waals surface area contributed by atoms with E-state index in [4.69, 9.17) is 10.2 Å². The molecule has 5 heteroatoms. The van der Waals surface area contributed by atoms with Crippen LogP contribution in [-0.4, -0.2) is 28.7 Å². The molecular formula is C5H6F2O3. The van der Waals surface area contributed by atoms with Gasteiger partial charge in [-0.3, -0.25) is 4.79 Å². The largest absolute Gasteiger partial charge is 0.481 e. The number of alkyl halides is 2. The van der Waals surface area contributed by atoms with Crippen molar-refractivity contribution in [3.05, 3.63) is 0 Å². The minimum Gasteiger partial charge on any atom is -0.481 e. The second kappa shape index (κ2) is 1.88. The molecule has 2 N–H and O–H groups in total. The Hall–Kier alpha value is -0.710. The van der Waals surface area contributed by atoms with Crippen LogP contribution in [0.15, 0.2) is 0 Å². The van der Waals surface area contributed by atoms with Crippen molar-refractivity contribution in [2.24, 2.45) is 11.8 Å². The molecule has 2 atom stereocenters. The average Bonchev–Trinajstić information content (AvgIpc) is 2.33. The van der Waals surface area contributed by atoms with Crippen LogP contribution in [0.25, 0.3) is 0 Å². The number of aliphatic hydroxyl groups excluding tert-OH is 1. The third kappa shape index (κ3) is 0.775. The van der Waals surface area contributed by atoms with Gasteiger partial charge in [0, 0.05) is 0 Å². The highest BCUT2D eigenvalue weighted by Crippen LogP contribution is 2.54. The average molecular weight is 152 g/mol. The predicted octanol–water partition coefficient (Wildman–Crippen LogP) is -0.0554. The minimum absolute atomic E-state index is 0.760. The van der Waals surface area contributed by atoms with Gasteiger partial charge in [0.25, 0.3) is 5.92 Å².